The van der Waals surface area contributed by atoms with Gasteiger partial charge in [0.15, 0.2) is 0 Å². The molecule has 2 rings (SSSR count). The van der Waals surface area contributed by atoms with Gasteiger partial charge < -0.3 is 4.90 Å². The molecule has 2 atom stereocenters. The maximum Gasteiger partial charge on any atom is 0.240 e. The minimum Gasteiger partial charge on any atom is -0.304 e. The summed E-state index contributed by atoms with van der Waals surface area (Å²) in [5.74, 6) is 0. The van der Waals surface area contributed by atoms with E-state index in [-0.39, 0.29) is 6.04 Å². The zero-order chi connectivity index (χ0) is 14.9. The van der Waals surface area contributed by atoms with Gasteiger partial charge in [0.2, 0.25) is 10.0 Å². The Balaban J connectivity index is 2.13. The summed E-state index contributed by atoms with van der Waals surface area (Å²) in [5, 5.41) is 0. The second kappa shape index (κ2) is 6.13. The summed E-state index contributed by atoms with van der Waals surface area (Å²) in [6.07, 6.45) is 1.71. The van der Waals surface area contributed by atoms with Crippen molar-refractivity contribution in [1.29, 1.82) is 0 Å². The lowest BCUT2D eigenvalue weighted by Gasteiger charge is -2.35. The van der Waals surface area contributed by atoms with Crippen LogP contribution in [-0.4, -0.2) is 39.0 Å². The predicted octanol–water partition coefficient (Wildman–Crippen LogP) is 2.52. The normalized spacial score (nSPS) is 24.8. The highest BCUT2D eigenvalue weighted by molar-refractivity contribution is 9.10. The van der Waals surface area contributed by atoms with Gasteiger partial charge in [0.05, 0.1) is 4.90 Å². The fourth-order valence-corrected chi connectivity index (χ4v) is 4.08. The van der Waals surface area contributed by atoms with E-state index in [9.17, 15) is 8.42 Å². The summed E-state index contributed by atoms with van der Waals surface area (Å²) in [6, 6.07) is 5.54. The van der Waals surface area contributed by atoms with Crippen LogP contribution in [0, 0.1) is 6.92 Å². The molecule has 0 bridgehead atoms. The van der Waals surface area contributed by atoms with Crippen molar-refractivity contribution in [3.63, 3.8) is 0 Å². The summed E-state index contributed by atoms with van der Waals surface area (Å²) < 4.78 is 28.6. The molecule has 1 aromatic carbocycles. The molecule has 0 amide bonds. The molecule has 1 fully saturated rings. The van der Waals surface area contributed by atoms with Crippen LogP contribution in [0.25, 0.3) is 0 Å². The first-order valence-electron chi connectivity index (χ1n) is 6.78. The Labute approximate surface area is 129 Å². The smallest absolute Gasteiger partial charge is 0.240 e. The third kappa shape index (κ3) is 3.61. The summed E-state index contributed by atoms with van der Waals surface area (Å²) in [7, 11) is -1.35. The number of aryl methyl sites for hydroxylation is 1. The van der Waals surface area contributed by atoms with Gasteiger partial charge in [0, 0.05) is 16.6 Å². The van der Waals surface area contributed by atoms with E-state index in [4.69, 9.17) is 0 Å². The van der Waals surface area contributed by atoms with E-state index in [0.29, 0.717) is 10.9 Å². The van der Waals surface area contributed by atoms with E-state index in [1.165, 1.54) is 0 Å². The highest BCUT2D eigenvalue weighted by atomic mass is 79.9. The summed E-state index contributed by atoms with van der Waals surface area (Å²) in [6.45, 7) is 4.94. The van der Waals surface area contributed by atoms with Gasteiger partial charge >= 0.3 is 0 Å². The summed E-state index contributed by atoms with van der Waals surface area (Å²) in [4.78, 5) is 2.60. The zero-order valence-electron chi connectivity index (χ0n) is 12.1. The molecule has 6 heteroatoms. The molecule has 1 aliphatic heterocycles. The fourth-order valence-electron chi connectivity index (χ4n) is 2.47. The molecule has 0 radical (unpaired) electrons. The molecule has 1 heterocycles. The van der Waals surface area contributed by atoms with E-state index in [2.05, 4.69) is 39.5 Å². The molecule has 112 valence electrons. The lowest BCUT2D eigenvalue weighted by atomic mass is 10.0. The molecule has 1 N–H and O–H groups in total. The predicted molar refractivity (Wildman–Crippen MR) is 84.3 cm³/mol. The maximum atomic E-state index is 12.4. The Hall–Kier alpha value is -0.430. The molecule has 4 nitrogen and oxygen atoms in total. The van der Waals surface area contributed by atoms with Crippen molar-refractivity contribution in [2.45, 2.75) is 43.7 Å². The van der Waals surface area contributed by atoms with Gasteiger partial charge in [-0.05, 0) is 64.0 Å². The van der Waals surface area contributed by atoms with E-state index >= 15 is 0 Å². The van der Waals surface area contributed by atoms with Crippen LogP contribution in [0.3, 0.4) is 0 Å². The first-order valence-corrected chi connectivity index (χ1v) is 9.06. The second-order valence-corrected chi connectivity index (χ2v) is 8.15. The van der Waals surface area contributed by atoms with E-state index < -0.39 is 10.0 Å². The lowest BCUT2D eigenvalue weighted by Crippen LogP contribution is -2.47. The minimum absolute atomic E-state index is 0.0233. The Morgan fingerprint density at radius 1 is 1.40 bits per heavy atom. The van der Waals surface area contributed by atoms with Crippen LogP contribution in [0.1, 0.15) is 25.3 Å². The van der Waals surface area contributed by atoms with Gasteiger partial charge in [-0.3, -0.25) is 0 Å². The quantitative estimate of drug-likeness (QED) is 0.900. The number of halogens is 1. The number of likely N-dealkylation sites (tertiary alicyclic amines) is 1. The van der Waals surface area contributed by atoms with Gasteiger partial charge in [-0.25, -0.2) is 13.1 Å². The fraction of sp³-hybridized carbons (Fsp3) is 0.571. The van der Waals surface area contributed by atoms with Crippen LogP contribution in [0.15, 0.2) is 27.6 Å². The molecule has 1 aromatic rings. The maximum absolute atomic E-state index is 12.4. The lowest BCUT2D eigenvalue weighted by molar-refractivity contribution is 0.178. The Kier molecular flexibility index (Phi) is 4.89. The van der Waals surface area contributed by atoms with Crippen molar-refractivity contribution in [1.82, 2.24) is 9.62 Å². The molecule has 0 saturated carbocycles. The number of nitrogens with one attached hydrogen (secondary N) is 1. The number of piperidine rings is 1. The number of sulfonamides is 1. The van der Waals surface area contributed by atoms with Crippen LogP contribution < -0.4 is 4.72 Å². The van der Waals surface area contributed by atoms with Crippen LogP contribution in [0.4, 0.5) is 0 Å². The monoisotopic (exact) mass is 360 g/mol. The third-order valence-electron chi connectivity index (χ3n) is 3.97. The van der Waals surface area contributed by atoms with Crippen LogP contribution >= 0.6 is 15.9 Å². The Morgan fingerprint density at radius 2 is 2.10 bits per heavy atom. The molecule has 1 saturated heterocycles. The van der Waals surface area contributed by atoms with Crippen molar-refractivity contribution in [2.24, 2.45) is 0 Å². The SMILES string of the molecule is Cc1cc(S(=O)(=O)NC2CCN(C)C(C)C2)ccc1Br. The van der Waals surface area contributed by atoms with Gasteiger partial charge in [0.25, 0.3) is 0 Å². The standard InChI is InChI=1S/C14H21BrN2O2S/c1-10-8-13(4-5-14(10)15)20(18,19)16-12-6-7-17(3)11(2)9-12/h4-5,8,11-12,16H,6-7,9H2,1-3H3. The number of hydrogen-bond donors (Lipinski definition) is 1. The summed E-state index contributed by atoms with van der Waals surface area (Å²) in [5.41, 5.74) is 0.921. The third-order valence-corrected chi connectivity index (χ3v) is 6.38. The van der Waals surface area contributed by atoms with Gasteiger partial charge in [-0.15, -0.1) is 0 Å². The van der Waals surface area contributed by atoms with Gasteiger partial charge in [0.1, 0.15) is 0 Å². The first kappa shape index (κ1) is 15.9. The van der Waals surface area contributed by atoms with Crippen LogP contribution in [0.5, 0.6) is 0 Å². The van der Waals surface area contributed by atoms with Gasteiger partial charge in [-0.1, -0.05) is 15.9 Å². The molecule has 20 heavy (non-hydrogen) atoms. The highest BCUT2D eigenvalue weighted by Crippen LogP contribution is 2.22. The van der Waals surface area contributed by atoms with Crippen LogP contribution in [-0.2, 0) is 10.0 Å². The van der Waals surface area contributed by atoms with Crippen molar-refractivity contribution >= 4 is 26.0 Å². The molecule has 0 spiro atoms. The summed E-state index contributed by atoms with van der Waals surface area (Å²) >= 11 is 3.39. The van der Waals surface area contributed by atoms with Crippen LogP contribution in [0.2, 0.25) is 0 Å². The van der Waals surface area contributed by atoms with Gasteiger partial charge in [-0.2, -0.15) is 0 Å². The number of rotatable bonds is 3. The van der Waals surface area contributed by atoms with Crippen molar-refractivity contribution in [3.05, 3.63) is 28.2 Å². The molecule has 2 unspecified atom stereocenters. The van der Waals surface area contributed by atoms with Crippen molar-refractivity contribution in [3.8, 4) is 0 Å². The molecule has 1 aliphatic rings. The molecule has 0 aliphatic carbocycles. The van der Waals surface area contributed by atoms with Crippen molar-refractivity contribution < 1.29 is 8.42 Å². The topological polar surface area (TPSA) is 49.4 Å². The second-order valence-electron chi connectivity index (χ2n) is 5.58. The number of benzene rings is 1. The Morgan fingerprint density at radius 3 is 2.70 bits per heavy atom. The number of hydrogen-bond acceptors (Lipinski definition) is 3. The average molecular weight is 361 g/mol. The first-order chi connectivity index (χ1) is 9.29. The molecular weight excluding hydrogens is 340 g/mol. The van der Waals surface area contributed by atoms with Crippen molar-refractivity contribution in [2.75, 3.05) is 13.6 Å². The Bertz CT molecular complexity index is 589. The largest absolute Gasteiger partial charge is 0.304 e. The minimum atomic E-state index is -3.43. The van der Waals surface area contributed by atoms with E-state index in [1.54, 1.807) is 18.2 Å². The van der Waals surface area contributed by atoms with E-state index in [1.807, 2.05) is 6.92 Å². The highest BCUT2D eigenvalue weighted by Gasteiger charge is 2.27. The zero-order valence-corrected chi connectivity index (χ0v) is 14.5. The number of nitrogens with zero attached hydrogens (tertiary/aromatic N) is 1. The van der Waals surface area contributed by atoms with E-state index in [0.717, 1.165) is 29.4 Å². The molecular formula is C14H21BrN2O2S. The average Bonchev–Trinajstić information content (AvgIpc) is 2.37. The molecule has 0 aromatic heterocycles.